The predicted molar refractivity (Wildman–Crippen MR) is 115 cm³/mol. The van der Waals surface area contributed by atoms with E-state index in [2.05, 4.69) is 10.1 Å². The number of ether oxygens (including phenoxy) is 2. The molecule has 30 heavy (non-hydrogen) atoms. The highest BCUT2D eigenvalue weighted by Crippen LogP contribution is 2.28. The fourth-order valence-electron chi connectivity index (χ4n) is 2.76. The second-order valence-electron chi connectivity index (χ2n) is 6.21. The molecule has 2 heterocycles. The summed E-state index contributed by atoms with van der Waals surface area (Å²) in [5.74, 6) is 0.174. The molecule has 0 radical (unpaired) electrons. The minimum atomic E-state index is -0.605. The normalized spacial score (nSPS) is 11.0. The van der Waals surface area contributed by atoms with Crippen molar-refractivity contribution in [2.24, 2.45) is 5.10 Å². The van der Waals surface area contributed by atoms with Gasteiger partial charge in [-0.05, 0) is 53.7 Å². The lowest BCUT2D eigenvalue weighted by Gasteiger charge is -2.08. The minimum Gasteiger partial charge on any atom is -0.493 e. The van der Waals surface area contributed by atoms with Gasteiger partial charge < -0.3 is 18.9 Å². The van der Waals surface area contributed by atoms with Crippen molar-refractivity contribution in [1.82, 2.24) is 9.66 Å². The number of nitrogens with one attached hydrogen (secondary N) is 1. The largest absolute Gasteiger partial charge is 0.493 e. The molecule has 1 N–H and O–H groups in total. The summed E-state index contributed by atoms with van der Waals surface area (Å²) in [7, 11) is 1.49. The van der Waals surface area contributed by atoms with Crippen LogP contribution in [0.15, 0.2) is 82.6 Å². The molecule has 0 aliphatic carbocycles. The van der Waals surface area contributed by atoms with E-state index in [-0.39, 0.29) is 11.5 Å². The molecule has 4 aromatic rings. The van der Waals surface area contributed by atoms with Gasteiger partial charge in [-0.1, -0.05) is 30.3 Å². The number of carbonyl (C=O) groups excluding carboxylic acids is 1. The first-order valence-corrected chi connectivity index (χ1v) is 9.40. The lowest BCUT2D eigenvalue weighted by atomic mass is 10.2. The number of hydrogen-bond donors (Lipinski definition) is 1. The summed E-state index contributed by atoms with van der Waals surface area (Å²) in [6.45, 7) is 0. The lowest BCUT2D eigenvalue weighted by molar-refractivity contribution is 0.0696. The van der Waals surface area contributed by atoms with Gasteiger partial charge in [-0.15, -0.1) is 0 Å². The molecular weight excluding hydrogens is 402 g/mol. The molecule has 2 aromatic carbocycles. The Labute approximate surface area is 177 Å². The topological polar surface area (TPSA) is 81.8 Å². The molecule has 150 valence electrons. The van der Waals surface area contributed by atoms with Crippen LogP contribution in [0.3, 0.4) is 0 Å². The van der Waals surface area contributed by atoms with Gasteiger partial charge in [-0.25, -0.2) is 9.47 Å². The molecule has 2 aromatic heterocycles. The molecule has 0 unspecified atom stereocenters. The molecular formula is C22H17N3O4S. The van der Waals surface area contributed by atoms with Crippen LogP contribution in [0.5, 0.6) is 11.5 Å². The van der Waals surface area contributed by atoms with Crippen LogP contribution in [0.4, 0.5) is 0 Å². The highest BCUT2D eigenvalue weighted by Gasteiger charge is 2.14. The average Bonchev–Trinajstić information content (AvgIpc) is 3.44. The zero-order chi connectivity index (χ0) is 20.9. The number of rotatable bonds is 6. The van der Waals surface area contributed by atoms with E-state index in [9.17, 15) is 4.79 Å². The highest BCUT2D eigenvalue weighted by atomic mass is 32.1. The monoisotopic (exact) mass is 419 g/mol. The number of benzene rings is 2. The van der Waals surface area contributed by atoms with Crippen LogP contribution in [0.25, 0.3) is 11.3 Å². The van der Waals surface area contributed by atoms with Gasteiger partial charge in [0.05, 0.1) is 31.5 Å². The summed E-state index contributed by atoms with van der Waals surface area (Å²) < 4.78 is 17.8. The molecule has 0 amide bonds. The number of methoxy groups -OCH3 is 1. The van der Waals surface area contributed by atoms with Gasteiger partial charge in [-0.2, -0.15) is 5.10 Å². The Hall–Kier alpha value is -3.91. The van der Waals surface area contributed by atoms with Crippen LogP contribution in [-0.4, -0.2) is 29.0 Å². The molecule has 8 heteroatoms. The van der Waals surface area contributed by atoms with E-state index in [1.54, 1.807) is 35.2 Å². The van der Waals surface area contributed by atoms with Crippen LogP contribution in [0.1, 0.15) is 16.1 Å². The molecule has 7 nitrogen and oxygen atoms in total. The van der Waals surface area contributed by atoms with Crippen molar-refractivity contribution in [3.63, 3.8) is 0 Å². The van der Waals surface area contributed by atoms with Crippen molar-refractivity contribution in [2.45, 2.75) is 0 Å². The van der Waals surface area contributed by atoms with Gasteiger partial charge in [-0.3, -0.25) is 0 Å². The van der Waals surface area contributed by atoms with E-state index in [4.69, 9.17) is 26.1 Å². The summed E-state index contributed by atoms with van der Waals surface area (Å²) in [6, 6.07) is 18.1. The van der Waals surface area contributed by atoms with Gasteiger partial charge in [0.1, 0.15) is 0 Å². The van der Waals surface area contributed by atoms with E-state index in [0.29, 0.717) is 10.5 Å². The van der Waals surface area contributed by atoms with Crippen LogP contribution >= 0.6 is 12.2 Å². The maximum Gasteiger partial charge on any atom is 0.379 e. The minimum absolute atomic E-state index is 0.110. The third-order valence-corrected chi connectivity index (χ3v) is 4.52. The number of H-pyrrole nitrogens is 1. The maximum absolute atomic E-state index is 12.1. The summed E-state index contributed by atoms with van der Waals surface area (Å²) in [5, 5.41) is 4.41. The first-order chi connectivity index (χ1) is 14.6. The third kappa shape index (κ3) is 4.23. The first-order valence-electron chi connectivity index (χ1n) is 8.99. The van der Waals surface area contributed by atoms with Crippen molar-refractivity contribution >= 4 is 24.4 Å². The van der Waals surface area contributed by atoms with Crippen molar-refractivity contribution < 1.29 is 18.7 Å². The smallest absolute Gasteiger partial charge is 0.379 e. The number of aromatic amines is 1. The van der Waals surface area contributed by atoms with E-state index in [1.165, 1.54) is 19.4 Å². The molecule has 0 atom stereocenters. The molecule has 0 fully saturated rings. The predicted octanol–water partition coefficient (Wildman–Crippen LogP) is 4.92. The zero-order valence-electron chi connectivity index (χ0n) is 15.9. The fourth-order valence-corrected chi connectivity index (χ4v) is 2.97. The average molecular weight is 419 g/mol. The Morgan fingerprint density at radius 3 is 2.70 bits per heavy atom. The fraction of sp³-hybridized carbons (Fsp3) is 0.0455. The third-order valence-electron chi connectivity index (χ3n) is 4.23. The Morgan fingerprint density at radius 2 is 1.97 bits per heavy atom. The first kappa shape index (κ1) is 19.4. The zero-order valence-corrected chi connectivity index (χ0v) is 16.8. The lowest BCUT2D eigenvalue weighted by Crippen LogP contribution is -2.08. The summed E-state index contributed by atoms with van der Waals surface area (Å²) in [5.41, 5.74) is 2.63. The highest BCUT2D eigenvalue weighted by molar-refractivity contribution is 7.71. The molecule has 0 spiro atoms. The van der Waals surface area contributed by atoms with Gasteiger partial charge in [0, 0.05) is 0 Å². The SMILES string of the molecule is COc1cc(/C=N/n2cc(-c3ccccc3)[nH]c2=S)ccc1OC(=O)c1ccco1. The standard InChI is InChI=1S/C22H17N3O4S/c1-27-20-12-15(9-10-18(20)29-21(26)19-8-5-11-28-19)13-23-25-14-17(24-22(25)30)16-6-3-2-4-7-16/h2-14H,1H3,(H,24,30)/b23-13+. The van der Waals surface area contributed by atoms with Gasteiger partial charge in [0.2, 0.25) is 5.76 Å². The Kier molecular flexibility index (Phi) is 5.58. The Bertz CT molecular complexity index is 1240. The van der Waals surface area contributed by atoms with Crippen molar-refractivity contribution in [1.29, 1.82) is 0 Å². The molecule has 4 rings (SSSR count). The van der Waals surface area contributed by atoms with Gasteiger partial charge in [0.25, 0.3) is 0 Å². The Balaban J connectivity index is 1.54. The summed E-state index contributed by atoms with van der Waals surface area (Å²) in [4.78, 5) is 15.2. The maximum atomic E-state index is 12.1. The molecule has 0 bridgehead atoms. The second kappa shape index (κ2) is 8.62. The van der Waals surface area contributed by atoms with Crippen molar-refractivity contribution in [3.8, 4) is 22.8 Å². The summed E-state index contributed by atoms with van der Waals surface area (Å²) in [6.07, 6.45) is 4.87. The van der Waals surface area contributed by atoms with Crippen LogP contribution in [0, 0.1) is 4.77 Å². The summed E-state index contributed by atoms with van der Waals surface area (Å²) >= 11 is 5.35. The van der Waals surface area contributed by atoms with E-state index in [1.807, 2.05) is 36.5 Å². The van der Waals surface area contributed by atoms with Crippen LogP contribution < -0.4 is 9.47 Å². The molecule has 0 saturated carbocycles. The number of imidazole rings is 1. The van der Waals surface area contributed by atoms with E-state index >= 15 is 0 Å². The number of aromatic nitrogens is 2. The second-order valence-corrected chi connectivity index (χ2v) is 6.59. The number of carbonyl (C=O) groups is 1. The van der Waals surface area contributed by atoms with Crippen molar-refractivity contribution in [3.05, 3.63) is 89.2 Å². The molecule has 0 aliphatic rings. The Morgan fingerprint density at radius 1 is 1.13 bits per heavy atom. The van der Waals surface area contributed by atoms with Crippen molar-refractivity contribution in [2.75, 3.05) is 7.11 Å². The van der Waals surface area contributed by atoms with Crippen LogP contribution in [-0.2, 0) is 0 Å². The van der Waals surface area contributed by atoms with Gasteiger partial charge >= 0.3 is 5.97 Å². The van der Waals surface area contributed by atoms with E-state index < -0.39 is 5.97 Å². The van der Waals surface area contributed by atoms with Crippen LogP contribution in [0.2, 0.25) is 0 Å². The number of nitrogens with zero attached hydrogens (tertiary/aromatic N) is 2. The number of furan rings is 1. The number of hydrogen-bond acceptors (Lipinski definition) is 6. The molecule has 0 aliphatic heterocycles. The number of esters is 1. The van der Waals surface area contributed by atoms with E-state index in [0.717, 1.165) is 16.8 Å². The molecule has 0 saturated heterocycles. The van der Waals surface area contributed by atoms with Gasteiger partial charge in [0.15, 0.2) is 16.3 Å². The quantitative estimate of drug-likeness (QED) is 0.208.